The molecule has 3 rings (SSSR count). The first kappa shape index (κ1) is 18.8. The van der Waals surface area contributed by atoms with E-state index in [0.717, 1.165) is 29.7 Å². The number of anilines is 1. The van der Waals surface area contributed by atoms with Gasteiger partial charge in [-0.2, -0.15) is 0 Å². The van der Waals surface area contributed by atoms with Gasteiger partial charge < -0.3 is 4.90 Å². The van der Waals surface area contributed by atoms with Gasteiger partial charge in [-0.25, -0.2) is 0 Å². The van der Waals surface area contributed by atoms with Crippen molar-refractivity contribution in [1.29, 1.82) is 0 Å². The average Bonchev–Trinajstić information content (AvgIpc) is 2.91. The molecule has 0 bridgehead atoms. The molecule has 140 valence electrons. The van der Waals surface area contributed by atoms with E-state index in [0.29, 0.717) is 23.2 Å². The molecule has 0 spiro atoms. The van der Waals surface area contributed by atoms with E-state index in [1.165, 1.54) is 4.90 Å². The molecule has 3 amide bonds. The van der Waals surface area contributed by atoms with Gasteiger partial charge in [0.25, 0.3) is 17.7 Å². The molecule has 5 nitrogen and oxygen atoms in total. The van der Waals surface area contributed by atoms with Gasteiger partial charge in [-0.1, -0.05) is 25.5 Å². The van der Waals surface area contributed by atoms with Gasteiger partial charge in [0.1, 0.15) is 0 Å². The summed E-state index contributed by atoms with van der Waals surface area (Å²) >= 11 is 0. The second-order valence-corrected chi connectivity index (χ2v) is 6.96. The highest BCUT2D eigenvalue weighted by Gasteiger charge is 2.35. The maximum Gasteiger partial charge on any atom is 0.261 e. The summed E-state index contributed by atoms with van der Waals surface area (Å²) in [5, 5.41) is 0. The molecule has 0 saturated carbocycles. The van der Waals surface area contributed by atoms with Crippen molar-refractivity contribution in [1.82, 2.24) is 4.90 Å². The fourth-order valence-corrected chi connectivity index (χ4v) is 3.35. The van der Waals surface area contributed by atoms with E-state index < -0.39 is 0 Å². The lowest BCUT2D eigenvalue weighted by atomic mass is 10.0. The van der Waals surface area contributed by atoms with Crippen molar-refractivity contribution in [2.75, 3.05) is 18.5 Å². The van der Waals surface area contributed by atoms with Crippen LogP contribution in [0, 0.1) is 13.8 Å². The third kappa shape index (κ3) is 3.25. The monoisotopic (exact) mass is 364 g/mol. The van der Waals surface area contributed by atoms with Crippen molar-refractivity contribution in [3.8, 4) is 0 Å². The SMILES string of the molecule is CCCCN1C(=O)c2ccc(C(=O)N(C)c3cccc(C)c3C)cc2C1=O. The van der Waals surface area contributed by atoms with Crippen molar-refractivity contribution < 1.29 is 14.4 Å². The number of carbonyl (C=O) groups excluding carboxylic acids is 3. The first-order valence-electron chi connectivity index (χ1n) is 9.21. The number of carbonyl (C=O) groups is 3. The molecule has 0 aromatic heterocycles. The van der Waals surface area contributed by atoms with Crippen LogP contribution < -0.4 is 4.90 Å². The molecule has 0 N–H and O–H groups in total. The Hall–Kier alpha value is -2.95. The lowest BCUT2D eigenvalue weighted by Crippen LogP contribution is -2.30. The van der Waals surface area contributed by atoms with Crippen LogP contribution in [0.3, 0.4) is 0 Å². The van der Waals surface area contributed by atoms with Crippen LogP contribution in [0.5, 0.6) is 0 Å². The smallest absolute Gasteiger partial charge is 0.261 e. The molecule has 2 aromatic rings. The number of rotatable bonds is 5. The van der Waals surface area contributed by atoms with Crippen molar-refractivity contribution in [2.45, 2.75) is 33.6 Å². The zero-order chi connectivity index (χ0) is 19.7. The molecule has 0 atom stereocenters. The Labute approximate surface area is 159 Å². The molecular formula is C22H24N2O3. The third-order valence-electron chi connectivity index (χ3n) is 5.19. The highest BCUT2D eigenvalue weighted by Crippen LogP contribution is 2.27. The van der Waals surface area contributed by atoms with Gasteiger partial charge in [-0.05, 0) is 55.7 Å². The fraction of sp³-hybridized carbons (Fsp3) is 0.318. The molecule has 27 heavy (non-hydrogen) atoms. The molecule has 5 heteroatoms. The summed E-state index contributed by atoms with van der Waals surface area (Å²) in [5.41, 5.74) is 4.06. The minimum absolute atomic E-state index is 0.209. The molecule has 0 aliphatic carbocycles. The third-order valence-corrected chi connectivity index (χ3v) is 5.19. The minimum Gasteiger partial charge on any atom is -0.311 e. The first-order chi connectivity index (χ1) is 12.9. The van der Waals surface area contributed by atoms with E-state index in [2.05, 4.69) is 0 Å². The summed E-state index contributed by atoms with van der Waals surface area (Å²) in [7, 11) is 1.72. The van der Waals surface area contributed by atoms with Crippen LogP contribution in [0.15, 0.2) is 36.4 Å². The minimum atomic E-state index is -0.313. The quantitative estimate of drug-likeness (QED) is 0.754. The normalized spacial score (nSPS) is 13.1. The Kier molecular flexibility index (Phi) is 5.13. The standard InChI is InChI=1S/C22H24N2O3/c1-5-6-12-24-21(26)17-11-10-16(13-18(17)22(24)27)20(25)23(4)19-9-7-8-14(2)15(19)3/h7-11,13H,5-6,12H2,1-4H3. The van der Waals surface area contributed by atoms with Crippen molar-refractivity contribution in [2.24, 2.45) is 0 Å². The number of benzene rings is 2. The number of fused-ring (bicyclic) bond motifs is 1. The maximum absolute atomic E-state index is 13.0. The van der Waals surface area contributed by atoms with Gasteiger partial charge in [0, 0.05) is 24.8 Å². The van der Waals surface area contributed by atoms with Crippen molar-refractivity contribution >= 4 is 23.4 Å². The maximum atomic E-state index is 13.0. The van der Waals surface area contributed by atoms with Gasteiger partial charge in [0.05, 0.1) is 11.1 Å². The highest BCUT2D eigenvalue weighted by atomic mass is 16.2. The summed E-state index contributed by atoms with van der Waals surface area (Å²) in [6.07, 6.45) is 1.67. The number of nitrogens with zero attached hydrogens (tertiary/aromatic N) is 2. The van der Waals surface area contributed by atoms with Crippen LogP contribution >= 0.6 is 0 Å². The number of unbranched alkanes of at least 4 members (excludes halogenated alkanes) is 1. The molecule has 0 saturated heterocycles. The first-order valence-corrected chi connectivity index (χ1v) is 9.21. The second-order valence-electron chi connectivity index (χ2n) is 6.96. The lowest BCUT2D eigenvalue weighted by molar-refractivity contribution is 0.0652. The van der Waals surface area contributed by atoms with Crippen LogP contribution in [0.2, 0.25) is 0 Å². The summed E-state index contributed by atoms with van der Waals surface area (Å²) in [5.74, 6) is -0.795. The van der Waals surface area contributed by atoms with Crippen LogP contribution in [-0.2, 0) is 0 Å². The van der Waals surface area contributed by atoms with Gasteiger partial charge in [-0.3, -0.25) is 19.3 Å². The number of aryl methyl sites for hydroxylation is 1. The predicted molar refractivity (Wildman–Crippen MR) is 105 cm³/mol. The lowest BCUT2D eigenvalue weighted by Gasteiger charge is -2.21. The van der Waals surface area contributed by atoms with Gasteiger partial charge in [0.15, 0.2) is 0 Å². The highest BCUT2D eigenvalue weighted by molar-refractivity contribution is 6.22. The number of amides is 3. The molecule has 0 fully saturated rings. The Morgan fingerprint density at radius 3 is 2.44 bits per heavy atom. The summed E-state index contributed by atoms with van der Waals surface area (Å²) < 4.78 is 0. The Bertz CT molecular complexity index is 933. The second kappa shape index (κ2) is 7.35. The van der Waals surface area contributed by atoms with Crippen molar-refractivity contribution in [3.05, 3.63) is 64.2 Å². The zero-order valence-corrected chi connectivity index (χ0v) is 16.2. The molecule has 0 radical (unpaired) electrons. The fourth-order valence-electron chi connectivity index (χ4n) is 3.35. The summed E-state index contributed by atoms with van der Waals surface area (Å²) in [4.78, 5) is 40.9. The van der Waals surface area contributed by atoms with Gasteiger partial charge >= 0.3 is 0 Å². The Morgan fingerprint density at radius 1 is 1.04 bits per heavy atom. The van der Waals surface area contributed by atoms with E-state index in [9.17, 15) is 14.4 Å². The largest absolute Gasteiger partial charge is 0.311 e. The molecule has 2 aromatic carbocycles. The van der Waals surface area contributed by atoms with E-state index in [-0.39, 0.29) is 17.7 Å². The van der Waals surface area contributed by atoms with E-state index in [1.54, 1.807) is 30.1 Å². The number of imide groups is 1. The van der Waals surface area contributed by atoms with Crippen LogP contribution in [0.25, 0.3) is 0 Å². The van der Waals surface area contributed by atoms with Crippen LogP contribution in [0.4, 0.5) is 5.69 Å². The molecule has 1 heterocycles. The molecule has 1 aliphatic heterocycles. The predicted octanol–water partition coefficient (Wildman–Crippen LogP) is 3.98. The number of hydrogen-bond donors (Lipinski definition) is 0. The van der Waals surface area contributed by atoms with Crippen LogP contribution in [0.1, 0.15) is 62.0 Å². The Balaban J connectivity index is 1.91. The Morgan fingerprint density at radius 2 is 1.74 bits per heavy atom. The van der Waals surface area contributed by atoms with E-state index in [1.807, 2.05) is 39.0 Å². The van der Waals surface area contributed by atoms with E-state index >= 15 is 0 Å². The average molecular weight is 364 g/mol. The van der Waals surface area contributed by atoms with E-state index in [4.69, 9.17) is 0 Å². The zero-order valence-electron chi connectivity index (χ0n) is 16.2. The van der Waals surface area contributed by atoms with Gasteiger partial charge in [-0.15, -0.1) is 0 Å². The van der Waals surface area contributed by atoms with Gasteiger partial charge in [0.2, 0.25) is 0 Å². The molecule has 1 aliphatic rings. The molecular weight excluding hydrogens is 340 g/mol. The topological polar surface area (TPSA) is 57.7 Å². The van der Waals surface area contributed by atoms with Crippen LogP contribution in [-0.4, -0.2) is 36.2 Å². The number of hydrogen-bond acceptors (Lipinski definition) is 3. The molecule has 0 unspecified atom stereocenters. The summed E-state index contributed by atoms with van der Waals surface area (Å²) in [6.45, 7) is 6.40. The summed E-state index contributed by atoms with van der Waals surface area (Å²) in [6, 6.07) is 10.6. The van der Waals surface area contributed by atoms with Crippen molar-refractivity contribution in [3.63, 3.8) is 0 Å².